The number of rotatable bonds is 6. The van der Waals surface area contributed by atoms with Crippen LogP contribution in [0.3, 0.4) is 0 Å². The Kier molecular flexibility index (Phi) is 5.78. The van der Waals surface area contributed by atoms with Crippen molar-refractivity contribution in [3.05, 3.63) is 35.9 Å². The highest BCUT2D eigenvalue weighted by Gasteiger charge is 2.30. The van der Waals surface area contributed by atoms with E-state index in [0.717, 1.165) is 0 Å². The van der Waals surface area contributed by atoms with Crippen molar-refractivity contribution in [1.29, 1.82) is 0 Å². The van der Waals surface area contributed by atoms with Gasteiger partial charge in [0.05, 0.1) is 6.61 Å². The van der Waals surface area contributed by atoms with Crippen LogP contribution in [0.4, 0.5) is 13.2 Å². The molecule has 1 rings (SSSR count). The zero-order valence-corrected chi connectivity index (χ0v) is 10.2. The second kappa shape index (κ2) is 7.10. The molecule has 0 bridgehead atoms. The van der Waals surface area contributed by atoms with Gasteiger partial charge in [0.1, 0.15) is 0 Å². The number of hydroxylamine groups is 1. The van der Waals surface area contributed by atoms with Gasteiger partial charge in [-0.25, -0.2) is 4.79 Å². The first-order valence-corrected chi connectivity index (χ1v) is 5.59. The molecule has 0 aliphatic rings. The average molecular weight is 277 g/mol. The molecule has 4 nitrogen and oxygen atoms in total. The quantitative estimate of drug-likeness (QED) is 0.640. The van der Waals surface area contributed by atoms with E-state index < -0.39 is 24.8 Å². The fourth-order valence-electron chi connectivity index (χ4n) is 1.33. The van der Waals surface area contributed by atoms with Crippen LogP contribution in [-0.2, 0) is 14.4 Å². The van der Waals surface area contributed by atoms with E-state index >= 15 is 0 Å². The lowest BCUT2D eigenvalue weighted by Crippen LogP contribution is -2.33. The highest BCUT2D eigenvalue weighted by Crippen LogP contribution is 2.17. The molecule has 0 fully saturated rings. The first-order chi connectivity index (χ1) is 8.94. The summed E-state index contributed by atoms with van der Waals surface area (Å²) >= 11 is 0. The van der Waals surface area contributed by atoms with Crippen molar-refractivity contribution in [1.82, 2.24) is 5.48 Å². The van der Waals surface area contributed by atoms with Crippen molar-refractivity contribution < 1.29 is 27.5 Å². The number of ether oxygens (including phenoxy) is 1. The summed E-state index contributed by atoms with van der Waals surface area (Å²) in [6.45, 7) is 0.245. The standard InChI is InChI=1S/C12H14F3NO3/c1-2-18-11(17)10(9-6-4-3-5-7-9)16-19-8-12(13,14)15/h3-7,10,16H,2,8H2,1H3. The van der Waals surface area contributed by atoms with Crippen molar-refractivity contribution in [2.75, 3.05) is 13.2 Å². The fraction of sp³-hybridized carbons (Fsp3) is 0.417. The molecule has 106 valence electrons. The number of hydrogen-bond acceptors (Lipinski definition) is 4. The second-order valence-electron chi connectivity index (χ2n) is 3.62. The zero-order chi connectivity index (χ0) is 14.3. The van der Waals surface area contributed by atoms with Crippen LogP contribution in [0.2, 0.25) is 0 Å². The molecule has 0 saturated carbocycles. The maximum absolute atomic E-state index is 12.0. The number of halogens is 3. The summed E-state index contributed by atoms with van der Waals surface area (Å²) in [6.07, 6.45) is -4.47. The first-order valence-electron chi connectivity index (χ1n) is 5.59. The maximum Gasteiger partial charge on any atom is 0.413 e. The van der Waals surface area contributed by atoms with Crippen molar-refractivity contribution in [3.8, 4) is 0 Å². The summed E-state index contributed by atoms with van der Waals surface area (Å²) in [5.74, 6) is -0.698. The van der Waals surface area contributed by atoms with Crippen LogP contribution in [0.15, 0.2) is 30.3 Å². The lowest BCUT2D eigenvalue weighted by molar-refractivity contribution is -0.196. The van der Waals surface area contributed by atoms with E-state index in [9.17, 15) is 18.0 Å². The molecule has 0 spiro atoms. The zero-order valence-electron chi connectivity index (χ0n) is 10.2. The lowest BCUT2D eigenvalue weighted by atomic mass is 10.1. The van der Waals surface area contributed by atoms with E-state index in [2.05, 4.69) is 10.3 Å². The van der Waals surface area contributed by atoms with E-state index in [1.165, 1.54) is 0 Å². The van der Waals surface area contributed by atoms with E-state index in [0.29, 0.717) is 5.56 Å². The Morgan fingerprint density at radius 2 is 1.95 bits per heavy atom. The normalized spacial score (nSPS) is 13.1. The smallest absolute Gasteiger partial charge is 0.413 e. The van der Waals surface area contributed by atoms with Gasteiger partial charge in [-0.1, -0.05) is 30.3 Å². The minimum atomic E-state index is -4.47. The molecule has 1 aromatic rings. The third-order valence-electron chi connectivity index (χ3n) is 2.09. The highest BCUT2D eigenvalue weighted by molar-refractivity contribution is 5.77. The van der Waals surface area contributed by atoms with E-state index in [-0.39, 0.29) is 6.61 Å². The van der Waals surface area contributed by atoms with Crippen molar-refractivity contribution in [2.45, 2.75) is 19.1 Å². The molecule has 1 aromatic carbocycles. The predicted molar refractivity (Wildman–Crippen MR) is 61.0 cm³/mol. The lowest BCUT2D eigenvalue weighted by Gasteiger charge is -2.17. The Hall–Kier alpha value is -1.60. The van der Waals surface area contributed by atoms with Crippen LogP contribution in [0, 0.1) is 0 Å². The topological polar surface area (TPSA) is 47.6 Å². The molecule has 0 aromatic heterocycles. The van der Waals surface area contributed by atoms with E-state index in [1.807, 2.05) is 0 Å². The Labute approximate surface area is 108 Å². The Balaban J connectivity index is 2.68. The van der Waals surface area contributed by atoms with Gasteiger partial charge in [0.2, 0.25) is 0 Å². The molecule has 1 atom stereocenters. The number of benzene rings is 1. The SMILES string of the molecule is CCOC(=O)C(NOCC(F)(F)F)c1ccccc1. The summed E-state index contributed by atoms with van der Waals surface area (Å²) in [5.41, 5.74) is 2.54. The molecule has 1 unspecified atom stereocenters. The largest absolute Gasteiger partial charge is 0.465 e. The van der Waals surface area contributed by atoms with Crippen LogP contribution in [0.1, 0.15) is 18.5 Å². The molecule has 0 aliphatic carbocycles. The molecule has 19 heavy (non-hydrogen) atoms. The summed E-state index contributed by atoms with van der Waals surface area (Å²) in [7, 11) is 0. The number of hydrogen-bond donors (Lipinski definition) is 1. The molecule has 0 radical (unpaired) electrons. The number of carbonyl (C=O) groups is 1. The highest BCUT2D eigenvalue weighted by atomic mass is 19.4. The van der Waals surface area contributed by atoms with Gasteiger partial charge in [0.15, 0.2) is 12.6 Å². The van der Waals surface area contributed by atoms with Crippen molar-refractivity contribution in [2.24, 2.45) is 0 Å². The molecular formula is C12H14F3NO3. The minimum Gasteiger partial charge on any atom is -0.465 e. The van der Waals surface area contributed by atoms with Crippen molar-refractivity contribution in [3.63, 3.8) is 0 Å². The summed E-state index contributed by atoms with van der Waals surface area (Å²) in [6, 6.07) is 7.13. The molecule has 0 amide bonds. The van der Waals surface area contributed by atoms with Gasteiger partial charge in [0, 0.05) is 0 Å². The van der Waals surface area contributed by atoms with Gasteiger partial charge in [-0.3, -0.25) is 4.84 Å². The Morgan fingerprint density at radius 3 is 2.47 bits per heavy atom. The number of carbonyl (C=O) groups excluding carboxylic acids is 1. The molecular weight excluding hydrogens is 263 g/mol. The third-order valence-corrected chi connectivity index (χ3v) is 2.09. The van der Waals surface area contributed by atoms with Gasteiger partial charge in [-0.05, 0) is 12.5 Å². The summed E-state index contributed by atoms with van der Waals surface area (Å²) in [4.78, 5) is 16.0. The van der Waals surface area contributed by atoms with Gasteiger partial charge in [-0.15, -0.1) is 0 Å². The number of alkyl halides is 3. The third kappa shape index (κ3) is 5.71. The first kappa shape index (κ1) is 15.5. The predicted octanol–water partition coefficient (Wildman–Crippen LogP) is 2.37. The van der Waals surface area contributed by atoms with Crippen LogP contribution in [0.5, 0.6) is 0 Å². The average Bonchev–Trinajstić information content (AvgIpc) is 2.34. The minimum absolute atomic E-state index is 0.128. The Bertz CT molecular complexity index is 395. The molecule has 7 heteroatoms. The second-order valence-corrected chi connectivity index (χ2v) is 3.62. The van der Waals surface area contributed by atoms with Gasteiger partial charge >= 0.3 is 12.1 Å². The van der Waals surface area contributed by atoms with E-state index in [1.54, 1.807) is 37.3 Å². The van der Waals surface area contributed by atoms with Crippen LogP contribution < -0.4 is 5.48 Å². The summed E-state index contributed by atoms with van der Waals surface area (Å²) < 4.78 is 40.7. The van der Waals surface area contributed by atoms with Gasteiger partial charge < -0.3 is 4.74 Å². The van der Waals surface area contributed by atoms with Gasteiger partial charge in [0.25, 0.3) is 0 Å². The van der Waals surface area contributed by atoms with E-state index in [4.69, 9.17) is 4.74 Å². The molecule has 0 aliphatic heterocycles. The summed E-state index contributed by atoms with van der Waals surface area (Å²) in [5, 5.41) is 0. The molecule has 1 N–H and O–H groups in total. The molecule has 0 heterocycles. The Morgan fingerprint density at radius 1 is 1.32 bits per heavy atom. The van der Waals surface area contributed by atoms with Crippen molar-refractivity contribution >= 4 is 5.97 Å². The van der Waals surface area contributed by atoms with Crippen LogP contribution >= 0.6 is 0 Å². The van der Waals surface area contributed by atoms with Crippen LogP contribution in [-0.4, -0.2) is 25.4 Å². The maximum atomic E-state index is 12.0. The van der Waals surface area contributed by atoms with Crippen LogP contribution in [0.25, 0.3) is 0 Å². The van der Waals surface area contributed by atoms with Gasteiger partial charge in [-0.2, -0.15) is 18.7 Å². The molecule has 0 saturated heterocycles. The number of esters is 1. The monoisotopic (exact) mass is 277 g/mol. The fourth-order valence-corrected chi connectivity index (χ4v) is 1.33. The number of nitrogens with one attached hydrogen (secondary N) is 1.